The SMILES string of the molecule is CNC(=O)c1noc(CN(C)Cc2ccn[nH]2)n1. The molecule has 0 radical (unpaired) electrons. The topological polar surface area (TPSA) is 99.9 Å². The first-order valence-corrected chi connectivity index (χ1v) is 5.40. The molecule has 2 aromatic rings. The predicted octanol–water partition coefficient (Wildman–Crippen LogP) is -0.216. The number of nitrogens with one attached hydrogen (secondary N) is 2. The van der Waals surface area contributed by atoms with Crippen LogP contribution in [-0.2, 0) is 13.1 Å². The van der Waals surface area contributed by atoms with Gasteiger partial charge in [-0.05, 0) is 13.1 Å². The van der Waals surface area contributed by atoms with Crippen LogP contribution in [0.5, 0.6) is 0 Å². The Balaban J connectivity index is 1.92. The zero-order valence-electron chi connectivity index (χ0n) is 10.2. The van der Waals surface area contributed by atoms with E-state index in [1.807, 2.05) is 18.0 Å². The normalized spacial score (nSPS) is 10.8. The maximum Gasteiger partial charge on any atom is 0.292 e. The molecule has 0 spiro atoms. The van der Waals surface area contributed by atoms with Gasteiger partial charge in [0.25, 0.3) is 11.7 Å². The average Bonchev–Trinajstić information content (AvgIpc) is 2.99. The van der Waals surface area contributed by atoms with Gasteiger partial charge in [-0.3, -0.25) is 14.8 Å². The van der Waals surface area contributed by atoms with Crippen LogP contribution in [0.2, 0.25) is 0 Å². The maximum atomic E-state index is 11.2. The molecular weight excluding hydrogens is 236 g/mol. The second-order valence-corrected chi connectivity index (χ2v) is 3.85. The van der Waals surface area contributed by atoms with Gasteiger partial charge in [-0.15, -0.1) is 0 Å². The summed E-state index contributed by atoms with van der Waals surface area (Å²) in [6.45, 7) is 1.14. The summed E-state index contributed by atoms with van der Waals surface area (Å²) >= 11 is 0. The lowest BCUT2D eigenvalue weighted by Crippen LogP contribution is -2.20. The number of aromatic nitrogens is 4. The number of aromatic amines is 1. The fraction of sp³-hybridized carbons (Fsp3) is 0.400. The number of hydrogen-bond acceptors (Lipinski definition) is 6. The third kappa shape index (κ3) is 2.92. The monoisotopic (exact) mass is 250 g/mol. The lowest BCUT2D eigenvalue weighted by atomic mass is 10.4. The highest BCUT2D eigenvalue weighted by Crippen LogP contribution is 2.04. The van der Waals surface area contributed by atoms with Gasteiger partial charge >= 0.3 is 0 Å². The van der Waals surface area contributed by atoms with Crippen molar-refractivity contribution in [2.24, 2.45) is 0 Å². The molecule has 2 N–H and O–H groups in total. The number of rotatable bonds is 5. The molecule has 18 heavy (non-hydrogen) atoms. The van der Waals surface area contributed by atoms with Gasteiger partial charge in [0.1, 0.15) is 0 Å². The highest BCUT2D eigenvalue weighted by atomic mass is 16.5. The maximum absolute atomic E-state index is 11.2. The molecule has 1 amide bonds. The zero-order chi connectivity index (χ0) is 13.0. The Hall–Kier alpha value is -2.22. The number of amides is 1. The van der Waals surface area contributed by atoms with Crippen molar-refractivity contribution in [3.05, 3.63) is 29.7 Å². The van der Waals surface area contributed by atoms with Crippen molar-refractivity contribution in [1.82, 2.24) is 30.6 Å². The summed E-state index contributed by atoms with van der Waals surface area (Å²) in [5.41, 5.74) is 0.989. The Labute approximate surface area is 103 Å². The highest BCUT2D eigenvalue weighted by Gasteiger charge is 2.14. The molecule has 0 aliphatic heterocycles. The number of carbonyl (C=O) groups excluding carboxylic acids is 1. The standard InChI is InChI=1S/C10H14N6O2/c1-11-10(17)9-13-8(18-15-9)6-16(2)5-7-3-4-12-14-7/h3-4H,5-6H2,1-2H3,(H,11,17)(H,12,14). The van der Waals surface area contributed by atoms with Crippen molar-refractivity contribution in [2.75, 3.05) is 14.1 Å². The third-order valence-electron chi connectivity index (χ3n) is 2.30. The fourth-order valence-electron chi connectivity index (χ4n) is 1.47. The van der Waals surface area contributed by atoms with E-state index in [2.05, 4.69) is 25.7 Å². The fourth-order valence-corrected chi connectivity index (χ4v) is 1.47. The highest BCUT2D eigenvalue weighted by molar-refractivity contribution is 5.89. The summed E-state index contributed by atoms with van der Waals surface area (Å²) in [6, 6.07) is 1.89. The summed E-state index contributed by atoms with van der Waals surface area (Å²) in [6.07, 6.45) is 1.69. The zero-order valence-corrected chi connectivity index (χ0v) is 10.2. The van der Waals surface area contributed by atoms with Crippen molar-refractivity contribution in [2.45, 2.75) is 13.1 Å². The first-order chi connectivity index (χ1) is 8.69. The van der Waals surface area contributed by atoms with Gasteiger partial charge in [-0.1, -0.05) is 5.16 Å². The number of nitrogens with zero attached hydrogens (tertiary/aromatic N) is 4. The Morgan fingerprint density at radius 3 is 3.06 bits per heavy atom. The molecule has 0 aliphatic carbocycles. The van der Waals surface area contributed by atoms with Gasteiger partial charge in [0.05, 0.1) is 6.54 Å². The molecule has 8 nitrogen and oxygen atoms in total. The van der Waals surface area contributed by atoms with E-state index in [0.717, 1.165) is 5.69 Å². The second kappa shape index (κ2) is 5.41. The minimum atomic E-state index is -0.360. The van der Waals surface area contributed by atoms with Crippen molar-refractivity contribution in [1.29, 1.82) is 0 Å². The van der Waals surface area contributed by atoms with Crippen LogP contribution in [0.4, 0.5) is 0 Å². The van der Waals surface area contributed by atoms with Gasteiger partial charge < -0.3 is 9.84 Å². The van der Waals surface area contributed by atoms with Crippen LogP contribution in [-0.4, -0.2) is 45.2 Å². The van der Waals surface area contributed by atoms with Crippen LogP contribution in [0.3, 0.4) is 0 Å². The quantitative estimate of drug-likeness (QED) is 0.761. The van der Waals surface area contributed by atoms with Gasteiger partial charge in [-0.25, -0.2) is 0 Å². The van der Waals surface area contributed by atoms with E-state index in [1.54, 1.807) is 6.20 Å². The molecule has 0 atom stereocenters. The van der Waals surface area contributed by atoms with Crippen LogP contribution < -0.4 is 5.32 Å². The van der Waals surface area contributed by atoms with Crippen molar-refractivity contribution in [3.8, 4) is 0 Å². The number of carbonyl (C=O) groups is 1. The Morgan fingerprint density at radius 1 is 1.56 bits per heavy atom. The first kappa shape index (κ1) is 12.2. The van der Waals surface area contributed by atoms with E-state index < -0.39 is 0 Å². The van der Waals surface area contributed by atoms with E-state index in [4.69, 9.17) is 4.52 Å². The van der Waals surface area contributed by atoms with Gasteiger partial charge in [0, 0.05) is 25.5 Å². The molecule has 0 aromatic carbocycles. The molecule has 0 unspecified atom stereocenters. The molecule has 2 aromatic heterocycles. The lowest BCUT2D eigenvalue weighted by Gasteiger charge is -2.11. The molecule has 96 valence electrons. The number of H-pyrrole nitrogens is 1. The lowest BCUT2D eigenvalue weighted by molar-refractivity contribution is 0.0950. The van der Waals surface area contributed by atoms with E-state index in [9.17, 15) is 4.79 Å². The van der Waals surface area contributed by atoms with E-state index in [1.165, 1.54) is 7.05 Å². The molecular formula is C10H14N6O2. The summed E-state index contributed by atoms with van der Waals surface area (Å²) in [5.74, 6) is 0.0827. The van der Waals surface area contributed by atoms with Crippen LogP contribution in [0.15, 0.2) is 16.8 Å². The molecule has 2 heterocycles. The minimum absolute atomic E-state index is 0.0439. The third-order valence-corrected chi connectivity index (χ3v) is 2.30. The molecule has 0 saturated heterocycles. The van der Waals surface area contributed by atoms with Gasteiger partial charge in [-0.2, -0.15) is 10.1 Å². The molecule has 0 saturated carbocycles. The average molecular weight is 250 g/mol. The van der Waals surface area contributed by atoms with Crippen molar-refractivity contribution >= 4 is 5.91 Å². The molecule has 2 rings (SSSR count). The Morgan fingerprint density at radius 2 is 2.39 bits per heavy atom. The van der Waals surface area contributed by atoms with Crippen LogP contribution in [0.25, 0.3) is 0 Å². The minimum Gasteiger partial charge on any atom is -0.352 e. The van der Waals surface area contributed by atoms with Crippen molar-refractivity contribution in [3.63, 3.8) is 0 Å². The number of hydrogen-bond donors (Lipinski definition) is 2. The molecule has 0 fully saturated rings. The van der Waals surface area contributed by atoms with E-state index in [-0.39, 0.29) is 11.7 Å². The molecule has 8 heteroatoms. The Kier molecular flexibility index (Phi) is 3.68. The largest absolute Gasteiger partial charge is 0.352 e. The van der Waals surface area contributed by atoms with E-state index >= 15 is 0 Å². The van der Waals surface area contributed by atoms with Crippen LogP contribution in [0, 0.1) is 0 Å². The van der Waals surface area contributed by atoms with Crippen LogP contribution >= 0.6 is 0 Å². The summed E-state index contributed by atoms with van der Waals surface area (Å²) in [5, 5.41) is 12.8. The molecule has 0 aliphatic rings. The first-order valence-electron chi connectivity index (χ1n) is 5.40. The van der Waals surface area contributed by atoms with Crippen LogP contribution in [0.1, 0.15) is 22.2 Å². The summed E-state index contributed by atoms with van der Waals surface area (Å²) in [4.78, 5) is 17.2. The summed E-state index contributed by atoms with van der Waals surface area (Å²) in [7, 11) is 3.42. The van der Waals surface area contributed by atoms with E-state index in [0.29, 0.717) is 19.0 Å². The smallest absolute Gasteiger partial charge is 0.292 e. The molecule has 0 bridgehead atoms. The summed E-state index contributed by atoms with van der Waals surface area (Å²) < 4.78 is 4.99. The van der Waals surface area contributed by atoms with Gasteiger partial charge in [0.2, 0.25) is 5.89 Å². The van der Waals surface area contributed by atoms with Gasteiger partial charge in [0.15, 0.2) is 0 Å². The second-order valence-electron chi connectivity index (χ2n) is 3.85. The van der Waals surface area contributed by atoms with Crippen molar-refractivity contribution < 1.29 is 9.32 Å². The Bertz CT molecular complexity index is 506. The predicted molar refractivity (Wildman–Crippen MR) is 61.4 cm³/mol.